The Morgan fingerprint density at radius 3 is 2.21 bits per heavy atom. The van der Waals surface area contributed by atoms with Crippen LogP contribution in [0.25, 0.3) is 0 Å². The number of anilines is 1. The maximum atomic E-state index is 13.0. The summed E-state index contributed by atoms with van der Waals surface area (Å²) in [7, 11) is 0. The van der Waals surface area contributed by atoms with Crippen molar-refractivity contribution in [2.24, 2.45) is 0 Å². The standard InChI is InChI=1S/C14H11BrF3N/c1-8-2-10(15)6-11(3-8)19-7-9-4-12(16)14(18)13(17)5-9/h2-6,19H,7H2,1H3. The fourth-order valence-corrected chi connectivity index (χ4v) is 2.36. The Hall–Kier alpha value is -1.49. The van der Waals surface area contributed by atoms with Gasteiger partial charge in [-0.3, -0.25) is 0 Å². The Balaban J connectivity index is 2.14. The van der Waals surface area contributed by atoms with Gasteiger partial charge in [0, 0.05) is 16.7 Å². The summed E-state index contributed by atoms with van der Waals surface area (Å²) < 4.78 is 39.8. The van der Waals surface area contributed by atoms with Gasteiger partial charge < -0.3 is 5.32 Å². The van der Waals surface area contributed by atoms with Crippen LogP contribution in [-0.2, 0) is 6.54 Å². The first-order valence-electron chi connectivity index (χ1n) is 5.60. The van der Waals surface area contributed by atoms with E-state index in [0.29, 0.717) is 5.56 Å². The van der Waals surface area contributed by atoms with Crippen molar-refractivity contribution in [1.82, 2.24) is 0 Å². The maximum Gasteiger partial charge on any atom is 0.194 e. The summed E-state index contributed by atoms with van der Waals surface area (Å²) >= 11 is 3.36. The zero-order chi connectivity index (χ0) is 14.0. The van der Waals surface area contributed by atoms with Crippen molar-refractivity contribution in [3.05, 3.63) is 63.4 Å². The topological polar surface area (TPSA) is 12.0 Å². The van der Waals surface area contributed by atoms with Crippen LogP contribution < -0.4 is 5.32 Å². The van der Waals surface area contributed by atoms with Gasteiger partial charge in [0.05, 0.1) is 0 Å². The minimum Gasteiger partial charge on any atom is -0.381 e. The second-order valence-corrected chi connectivity index (χ2v) is 5.16. The van der Waals surface area contributed by atoms with Gasteiger partial charge in [-0.25, -0.2) is 13.2 Å². The van der Waals surface area contributed by atoms with Crippen molar-refractivity contribution in [1.29, 1.82) is 0 Å². The number of benzene rings is 2. The second kappa shape index (κ2) is 5.65. The molecule has 0 radical (unpaired) electrons. The molecule has 0 aliphatic carbocycles. The van der Waals surface area contributed by atoms with E-state index in [0.717, 1.165) is 27.9 Å². The molecule has 2 aromatic rings. The van der Waals surface area contributed by atoms with Crippen molar-refractivity contribution in [3.8, 4) is 0 Å². The molecular weight excluding hydrogens is 319 g/mol. The molecular formula is C14H11BrF3N. The third kappa shape index (κ3) is 3.50. The third-order valence-electron chi connectivity index (χ3n) is 2.58. The minimum atomic E-state index is -1.44. The highest BCUT2D eigenvalue weighted by molar-refractivity contribution is 9.10. The Labute approximate surface area is 117 Å². The van der Waals surface area contributed by atoms with Gasteiger partial charge in [-0.1, -0.05) is 15.9 Å². The van der Waals surface area contributed by atoms with E-state index in [9.17, 15) is 13.2 Å². The van der Waals surface area contributed by atoms with E-state index < -0.39 is 17.5 Å². The highest BCUT2D eigenvalue weighted by Gasteiger charge is 2.10. The van der Waals surface area contributed by atoms with Crippen molar-refractivity contribution in [2.45, 2.75) is 13.5 Å². The van der Waals surface area contributed by atoms with Crippen LogP contribution in [-0.4, -0.2) is 0 Å². The van der Waals surface area contributed by atoms with E-state index >= 15 is 0 Å². The molecule has 100 valence electrons. The van der Waals surface area contributed by atoms with Gasteiger partial charge in [0.15, 0.2) is 17.5 Å². The lowest BCUT2D eigenvalue weighted by Crippen LogP contribution is -2.02. The molecule has 0 spiro atoms. The lowest BCUT2D eigenvalue weighted by atomic mass is 10.2. The number of aryl methyl sites for hydroxylation is 1. The van der Waals surface area contributed by atoms with Gasteiger partial charge >= 0.3 is 0 Å². The monoisotopic (exact) mass is 329 g/mol. The quantitative estimate of drug-likeness (QED) is 0.798. The van der Waals surface area contributed by atoms with Crippen molar-refractivity contribution < 1.29 is 13.2 Å². The number of hydrogen-bond donors (Lipinski definition) is 1. The number of halogens is 4. The Morgan fingerprint density at radius 1 is 1.00 bits per heavy atom. The third-order valence-corrected chi connectivity index (χ3v) is 3.04. The van der Waals surface area contributed by atoms with E-state index in [1.165, 1.54) is 0 Å². The van der Waals surface area contributed by atoms with E-state index in [1.807, 2.05) is 25.1 Å². The molecule has 0 aliphatic rings. The van der Waals surface area contributed by atoms with Crippen LogP contribution in [0.2, 0.25) is 0 Å². The molecule has 2 aromatic carbocycles. The zero-order valence-electron chi connectivity index (χ0n) is 10.1. The SMILES string of the molecule is Cc1cc(Br)cc(NCc2cc(F)c(F)c(F)c2)c1. The van der Waals surface area contributed by atoms with Crippen LogP contribution in [0.1, 0.15) is 11.1 Å². The van der Waals surface area contributed by atoms with Gasteiger partial charge in [0.25, 0.3) is 0 Å². The van der Waals surface area contributed by atoms with Crippen molar-refractivity contribution in [2.75, 3.05) is 5.32 Å². The molecule has 2 rings (SSSR count). The summed E-state index contributed by atoms with van der Waals surface area (Å²) in [5.74, 6) is -3.80. The Bertz CT molecular complexity index is 570. The van der Waals surface area contributed by atoms with Crippen LogP contribution in [0.4, 0.5) is 18.9 Å². The maximum absolute atomic E-state index is 13.0. The normalized spacial score (nSPS) is 10.6. The second-order valence-electron chi connectivity index (χ2n) is 4.24. The summed E-state index contributed by atoms with van der Waals surface area (Å²) in [5, 5.41) is 3.03. The minimum absolute atomic E-state index is 0.212. The molecule has 19 heavy (non-hydrogen) atoms. The molecule has 0 atom stereocenters. The molecule has 0 bridgehead atoms. The molecule has 0 saturated carbocycles. The highest BCUT2D eigenvalue weighted by Crippen LogP contribution is 2.20. The molecule has 5 heteroatoms. The molecule has 0 unspecified atom stereocenters. The molecule has 0 fully saturated rings. The average Bonchev–Trinajstić information content (AvgIpc) is 2.32. The number of rotatable bonds is 3. The average molecular weight is 330 g/mol. The van der Waals surface area contributed by atoms with Crippen LogP contribution in [0.5, 0.6) is 0 Å². The van der Waals surface area contributed by atoms with Gasteiger partial charge in [0.2, 0.25) is 0 Å². The Kier molecular flexibility index (Phi) is 4.14. The number of nitrogens with one attached hydrogen (secondary N) is 1. The van der Waals surface area contributed by atoms with Gasteiger partial charge in [-0.2, -0.15) is 0 Å². The largest absolute Gasteiger partial charge is 0.381 e. The lowest BCUT2D eigenvalue weighted by molar-refractivity contribution is 0.445. The van der Waals surface area contributed by atoms with Crippen LogP contribution >= 0.6 is 15.9 Å². The fraction of sp³-hybridized carbons (Fsp3) is 0.143. The van der Waals surface area contributed by atoms with Gasteiger partial charge in [0.1, 0.15) is 0 Å². The predicted octanol–water partition coefficient (Wildman–Crippen LogP) is 4.79. The lowest BCUT2D eigenvalue weighted by Gasteiger charge is -2.09. The predicted molar refractivity (Wildman–Crippen MR) is 72.5 cm³/mol. The zero-order valence-corrected chi connectivity index (χ0v) is 11.7. The van der Waals surface area contributed by atoms with E-state index in [2.05, 4.69) is 21.2 Å². The van der Waals surface area contributed by atoms with Crippen molar-refractivity contribution in [3.63, 3.8) is 0 Å². The summed E-state index contributed by atoms with van der Waals surface area (Å²) in [6.45, 7) is 2.15. The Morgan fingerprint density at radius 2 is 1.63 bits per heavy atom. The van der Waals surface area contributed by atoms with Crippen LogP contribution in [0.3, 0.4) is 0 Å². The highest BCUT2D eigenvalue weighted by atomic mass is 79.9. The summed E-state index contributed by atoms with van der Waals surface area (Å²) in [5.41, 5.74) is 2.21. The van der Waals surface area contributed by atoms with E-state index in [1.54, 1.807) is 0 Å². The van der Waals surface area contributed by atoms with Gasteiger partial charge in [-0.15, -0.1) is 0 Å². The van der Waals surface area contributed by atoms with Crippen LogP contribution in [0.15, 0.2) is 34.8 Å². The first-order chi connectivity index (χ1) is 8.95. The molecule has 0 aromatic heterocycles. The van der Waals surface area contributed by atoms with Crippen LogP contribution in [0, 0.1) is 24.4 Å². The molecule has 0 aliphatic heterocycles. The summed E-state index contributed by atoms with van der Waals surface area (Å²) in [6.07, 6.45) is 0. The van der Waals surface area contributed by atoms with Gasteiger partial charge in [-0.05, 0) is 48.4 Å². The number of hydrogen-bond acceptors (Lipinski definition) is 1. The molecule has 0 heterocycles. The van der Waals surface area contributed by atoms with E-state index in [-0.39, 0.29) is 6.54 Å². The first-order valence-corrected chi connectivity index (χ1v) is 6.39. The molecule has 1 nitrogen and oxygen atoms in total. The first kappa shape index (κ1) is 13.9. The summed E-state index contributed by atoms with van der Waals surface area (Å²) in [4.78, 5) is 0. The summed E-state index contributed by atoms with van der Waals surface area (Å²) in [6, 6.07) is 7.67. The fourth-order valence-electron chi connectivity index (χ4n) is 1.75. The molecule has 1 N–H and O–H groups in total. The van der Waals surface area contributed by atoms with Crippen molar-refractivity contribution >= 4 is 21.6 Å². The van der Waals surface area contributed by atoms with E-state index in [4.69, 9.17) is 0 Å². The molecule has 0 amide bonds. The smallest absolute Gasteiger partial charge is 0.194 e. The molecule has 0 saturated heterocycles.